The molecule has 0 bridgehead atoms. The number of H-pyrrole nitrogens is 1. The normalized spacial score (nSPS) is 11.5. The number of rotatable bonds is 8. The lowest BCUT2D eigenvalue weighted by Crippen LogP contribution is -2.28. The van der Waals surface area contributed by atoms with Crippen molar-refractivity contribution in [3.8, 4) is 0 Å². The van der Waals surface area contributed by atoms with E-state index in [1.165, 1.54) is 17.0 Å². The minimum Gasteiger partial charge on any atom is -0.321 e. The minimum absolute atomic E-state index is 0.0912. The molecule has 0 saturated heterocycles. The molecule has 0 amide bonds. The molecule has 1 N–H and O–H groups in total. The lowest BCUT2D eigenvalue weighted by atomic mass is 10.1. The van der Waals surface area contributed by atoms with Crippen molar-refractivity contribution in [3.63, 3.8) is 0 Å². The van der Waals surface area contributed by atoms with Gasteiger partial charge in [0.25, 0.3) is 5.56 Å². The fourth-order valence-electron chi connectivity index (χ4n) is 4.30. The fourth-order valence-corrected chi connectivity index (χ4v) is 5.05. The van der Waals surface area contributed by atoms with Gasteiger partial charge in [0.1, 0.15) is 5.82 Å². The molecule has 9 heteroatoms. The Bertz CT molecular complexity index is 1510. The second-order valence-corrected chi connectivity index (χ2v) is 9.81. The monoisotopic (exact) mass is 488 g/mol. The fraction of sp³-hybridized carbons (Fsp3) is 0.231. The summed E-state index contributed by atoms with van der Waals surface area (Å²) >= 11 is 1.67. The number of aromatic amines is 1. The van der Waals surface area contributed by atoms with Gasteiger partial charge < -0.3 is 4.98 Å². The van der Waals surface area contributed by atoms with Crippen LogP contribution in [0.25, 0.3) is 10.9 Å². The van der Waals surface area contributed by atoms with E-state index in [-0.39, 0.29) is 11.4 Å². The van der Waals surface area contributed by atoms with Crippen molar-refractivity contribution in [2.45, 2.75) is 40.0 Å². The van der Waals surface area contributed by atoms with Gasteiger partial charge in [0.2, 0.25) is 0 Å². The summed E-state index contributed by atoms with van der Waals surface area (Å²) in [5.74, 6) is 0.397. The maximum Gasteiger partial charge on any atom is 0.252 e. The van der Waals surface area contributed by atoms with Crippen LogP contribution >= 0.6 is 11.3 Å². The van der Waals surface area contributed by atoms with Crippen LogP contribution in [0.2, 0.25) is 0 Å². The number of fused-ring (bicyclic) bond motifs is 1. The molecule has 0 spiro atoms. The number of pyridine rings is 1. The molecule has 0 unspecified atom stereocenters. The second-order valence-electron chi connectivity index (χ2n) is 8.77. The number of thiophene rings is 1. The first-order valence-corrected chi connectivity index (χ1v) is 12.2. The molecule has 0 radical (unpaired) electrons. The maximum absolute atomic E-state index is 13.3. The van der Waals surface area contributed by atoms with Crippen molar-refractivity contribution in [1.82, 2.24) is 30.1 Å². The lowest BCUT2D eigenvalue weighted by molar-refractivity contribution is 0.238. The average molecular weight is 489 g/mol. The van der Waals surface area contributed by atoms with Crippen molar-refractivity contribution in [3.05, 3.63) is 109 Å². The molecule has 2 aromatic carbocycles. The van der Waals surface area contributed by atoms with Crippen LogP contribution in [0.1, 0.15) is 33.0 Å². The number of nitrogens with one attached hydrogen (secondary N) is 1. The molecule has 5 aromatic rings. The highest BCUT2D eigenvalue weighted by molar-refractivity contribution is 7.09. The largest absolute Gasteiger partial charge is 0.321 e. The molecule has 5 rings (SSSR count). The molecule has 0 fully saturated rings. The Kier molecular flexibility index (Phi) is 6.52. The molecule has 7 nitrogen and oxygen atoms in total. The van der Waals surface area contributed by atoms with E-state index in [0.717, 1.165) is 27.6 Å². The molecule has 3 aromatic heterocycles. The van der Waals surface area contributed by atoms with Crippen LogP contribution in [-0.2, 0) is 26.2 Å². The van der Waals surface area contributed by atoms with E-state index in [2.05, 4.69) is 50.5 Å². The minimum atomic E-state index is -0.279. The number of benzene rings is 2. The van der Waals surface area contributed by atoms with Crippen LogP contribution in [0.15, 0.2) is 64.8 Å². The standard InChI is InChI=1S/C26H25FN6OS/c1-17-10-18(2)25-20(11-17)12-21(26(34)28-25)14-32(15-23-4-3-9-35-23)16-24-29-30-31-33(24)13-19-5-7-22(27)8-6-19/h3-12H,13-16H2,1-2H3,(H,28,34). The van der Waals surface area contributed by atoms with E-state index in [4.69, 9.17) is 0 Å². The summed E-state index contributed by atoms with van der Waals surface area (Å²) in [7, 11) is 0. The molecule has 0 aliphatic rings. The Balaban J connectivity index is 1.43. The highest BCUT2D eigenvalue weighted by Crippen LogP contribution is 2.20. The van der Waals surface area contributed by atoms with Gasteiger partial charge in [0.05, 0.1) is 18.6 Å². The maximum atomic E-state index is 13.3. The van der Waals surface area contributed by atoms with Gasteiger partial charge in [0.15, 0.2) is 5.82 Å². The summed E-state index contributed by atoms with van der Waals surface area (Å²) in [5.41, 5.74) is 4.59. The Hall–Kier alpha value is -3.69. The van der Waals surface area contributed by atoms with Crippen molar-refractivity contribution < 1.29 is 4.39 Å². The molecule has 35 heavy (non-hydrogen) atoms. The molecule has 0 aliphatic heterocycles. The zero-order valence-electron chi connectivity index (χ0n) is 19.5. The summed E-state index contributed by atoms with van der Waals surface area (Å²) in [6, 6.07) is 16.6. The first-order valence-electron chi connectivity index (χ1n) is 11.3. The SMILES string of the molecule is Cc1cc(C)c2[nH]c(=O)c(CN(Cc3cccs3)Cc3nnnn3Cc3ccc(F)cc3)cc2c1. The third-order valence-corrected chi connectivity index (χ3v) is 6.80. The van der Waals surface area contributed by atoms with Gasteiger partial charge in [-0.2, -0.15) is 0 Å². The topological polar surface area (TPSA) is 79.7 Å². The first-order chi connectivity index (χ1) is 16.9. The molecule has 178 valence electrons. The third kappa shape index (κ3) is 5.36. The van der Waals surface area contributed by atoms with Crippen LogP contribution < -0.4 is 5.56 Å². The molecular weight excluding hydrogens is 463 g/mol. The van der Waals surface area contributed by atoms with E-state index < -0.39 is 0 Å². The Labute approximate surface area is 205 Å². The van der Waals surface area contributed by atoms with Gasteiger partial charge >= 0.3 is 0 Å². The summed E-state index contributed by atoms with van der Waals surface area (Å²) in [6.07, 6.45) is 0. The number of hydrogen-bond acceptors (Lipinski definition) is 6. The summed E-state index contributed by atoms with van der Waals surface area (Å²) in [6.45, 7) is 6.06. The predicted molar refractivity (Wildman–Crippen MR) is 135 cm³/mol. The van der Waals surface area contributed by atoms with Crippen molar-refractivity contribution >= 4 is 22.2 Å². The van der Waals surface area contributed by atoms with Crippen LogP contribution in [0.3, 0.4) is 0 Å². The Morgan fingerprint density at radius 1 is 1.06 bits per heavy atom. The molecule has 0 atom stereocenters. The quantitative estimate of drug-likeness (QED) is 0.346. The summed E-state index contributed by atoms with van der Waals surface area (Å²) < 4.78 is 15.0. The van der Waals surface area contributed by atoms with Crippen LogP contribution in [0.5, 0.6) is 0 Å². The van der Waals surface area contributed by atoms with E-state index in [0.29, 0.717) is 37.6 Å². The number of nitrogens with zero attached hydrogens (tertiary/aromatic N) is 5. The van der Waals surface area contributed by atoms with Gasteiger partial charge in [-0.1, -0.05) is 29.8 Å². The van der Waals surface area contributed by atoms with Crippen LogP contribution in [-0.4, -0.2) is 30.1 Å². The Morgan fingerprint density at radius 3 is 2.66 bits per heavy atom. The molecule has 0 aliphatic carbocycles. The van der Waals surface area contributed by atoms with E-state index in [9.17, 15) is 9.18 Å². The highest BCUT2D eigenvalue weighted by Gasteiger charge is 2.17. The van der Waals surface area contributed by atoms with Gasteiger partial charge in [-0.15, -0.1) is 16.4 Å². The zero-order valence-corrected chi connectivity index (χ0v) is 20.3. The van der Waals surface area contributed by atoms with Crippen LogP contribution in [0.4, 0.5) is 4.39 Å². The van der Waals surface area contributed by atoms with Crippen molar-refractivity contribution in [1.29, 1.82) is 0 Å². The highest BCUT2D eigenvalue weighted by atomic mass is 32.1. The molecule has 0 saturated carbocycles. The van der Waals surface area contributed by atoms with Crippen molar-refractivity contribution in [2.24, 2.45) is 0 Å². The molecule has 3 heterocycles. The van der Waals surface area contributed by atoms with Gasteiger partial charge in [-0.25, -0.2) is 9.07 Å². The number of aryl methyl sites for hydroxylation is 2. The van der Waals surface area contributed by atoms with Gasteiger partial charge in [0, 0.05) is 23.5 Å². The van der Waals surface area contributed by atoms with Crippen LogP contribution in [0, 0.1) is 19.7 Å². The second kappa shape index (κ2) is 9.89. The number of tetrazole rings is 1. The molecular formula is C26H25FN6OS. The van der Waals surface area contributed by atoms with Crippen molar-refractivity contribution in [2.75, 3.05) is 0 Å². The summed E-state index contributed by atoms with van der Waals surface area (Å²) in [4.78, 5) is 19.4. The lowest BCUT2D eigenvalue weighted by Gasteiger charge is -2.21. The van der Waals surface area contributed by atoms with E-state index in [1.54, 1.807) is 28.2 Å². The average Bonchev–Trinajstić information content (AvgIpc) is 3.49. The van der Waals surface area contributed by atoms with E-state index >= 15 is 0 Å². The number of hydrogen-bond donors (Lipinski definition) is 1. The summed E-state index contributed by atoms with van der Waals surface area (Å²) in [5, 5.41) is 15.3. The van der Waals surface area contributed by atoms with Gasteiger partial charge in [-0.05, 0) is 76.5 Å². The number of halogens is 1. The Morgan fingerprint density at radius 2 is 1.89 bits per heavy atom. The number of aromatic nitrogens is 5. The smallest absolute Gasteiger partial charge is 0.252 e. The zero-order chi connectivity index (χ0) is 24.4. The van der Waals surface area contributed by atoms with Gasteiger partial charge in [-0.3, -0.25) is 9.69 Å². The first kappa shape index (κ1) is 23.1. The third-order valence-electron chi connectivity index (χ3n) is 5.94. The predicted octanol–water partition coefficient (Wildman–Crippen LogP) is 4.58. The van der Waals surface area contributed by atoms with E-state index in [1.807, 2.05) is 24.4 Å².